The number of likely N-dealkylation sites (tertiary alicyclic amines) is 1. The van der Waals surface area contributed by atoms with Gasteiger partial charge in [0.15, 0.2) is 0 Å². The van der Waals surface area contributed by atoms with Crippen molar-refractivity contribution < 1.29 is 10.2 Å². The summed E-state index contributed by atoms with van der Waals surface area (Å²) in [5.41, 5.74) is 0. The quantitative estimate of drug-likeness (QED) is 0.805. The van der Waals surface area contributed by atoms with Crippen LogP contribution in [0.25, 0.3) is 0 Å². The molecule has 1 aromatic heterocycles. The van der Waals surface area contributed by atoms with Crippen LogP contribution in [0.2, 0.25) is 0 Å². The van der Waals surface area contributed by atoms with Crippen LogP contribution in [-0.4, -0.2) is 70.7 Å². The Hall–Kier alpha value is -0.760. The highest BCUT2D eigenvalue weighted by Crippen LogP contribution is 2.31. The highest BCUT2D eigenvalue weighted by molar-refractivity contribution is 7.15. The number of aliphatic hydroxyl groups excluding tert-OH is 2. The topological polar surface area (TPSA) is 72.7 Å². The Labute approximate surface area is 142 Å². The van der Waals surface area contributed by atoms with E-state index in [-0.39, 0.29) is 12.7 Å². The van der Waals surface area contributed by atoms with Crippen LogP contribution < -0.4 is 4.90 Å². The molecule has 0 amide bonds. The second kappa shape index (κ2) is 7.88. The summed E-state index contributed by atoms with van der Waals surface area (Å²) in [6.45, 7) is 7.16. The number of rotatable bonds is 6. The molecule has 2 aliphatic heterocycles. The maximum Gasteiger partial charge on any atom is 0.208 e. The van der Waals surface area contributed by atoms with E-state index in [0.717, 1.165) is 68.5 Å². The average Bonchev–Trinajstić information content (AvgIpc) is 3.16. The highest BCUT2D eigenvalue weighted by Gasteiger charge is 2.35. The number of hydrogen-bond acceptors (Lipinski definition) is 7. The van der Waals surface area contributed by atoms with Crippen molar-refractivity contribution in [3.63, 3.8) is 0 Å². The summed E-state index contributed by atoms with van der Waals surface area (Å²) < 4.78 is 0. The molecule has 23 heavy (non-hydrogen) atoms. The van der Waals surface area contributed by atoms with Gasteiger partial charge in [-0.2, -0.15) is 0 Å². The van der Waals surface area contributed by atoms with Gasteiger partial charge < -0.3 is 20.0 Å². The molecule has 0 radical (unpaired) electrons. The number of anilines is 1. The molecular formula is C16H28N4O2S. The molecule has 0 bridgehead atoms. The van der Waals surface area contributed by atoms with Crippen LogP contribution in [0.5, 0.6) is 0 Å². The zero-order chi connectivity index (χ0) is 16.2. The highest BCUT2D eigenvalue weighted by atomic mass is 32.1. The fraction of sp³-hybridized carbons (Fsp3) is 0.875. The smallest absolute Gasteiger partial charge is 0.208 e. The van der Waals surface area contributed by atoms with E-state index in [2.05, 4.69) is 26.9 Å². The fourth-order valence-corrected chi connectivity index (χ4v) is 4.59. The van der Waals surface area contributed by atoms with Crippen molar-refractivity contribution in [2.24, 2.45) is 11.8 Å². The van der Waals surface area contributed by atoms with E-state index in [0.29, 0.717) is 11.8 Å². The molecule has 3 heterocycles. The standard InChI is InChI=1S/C16H28N4O2S/c1-2-3-15-17-18-16(23-15)20-9-12(13(10-20)11-21)8-19-6-4-14(22)5-7-19/h12-14,21-22H,2-11H2,1H3/t12-,13-/m1/s1. The third-order valence-corrected chi connectivity index (χ3v) is 6.10. The van der Waals surface area contributed by atoms with Gasteiger partial charge in [0.25, 0.3) is 0 Å². The first-order valence-corrected chi connectivity index (χ1v) is 9.59. The van der Waals surface area contributed by atoms with Crippen molar-refractivity contribution in [2.45, 2.75) is 38.7 Å². The Balaban J connectivity index is 1.58. The van der Waals surface area contributed by atoms with Crippen molar-refractivity contribution in [2.75, 3.05) is 44.2 Å². The maximum absolute atomic E-state index is 9.74. The van der Waals surface area contributed by atoms with Crippen LogP contribution in [-0.2, 0) is 6.42 Å². The Morgan fingerprint density at radius 2 is 1.91 bits per heavy atom. The average molecular weight is 340 g/mol. The Bertz CT molecular complexity index is 490. The van der Waals surface area contributed by atoms with E-state index in [1.807, 2.05) is 0 Å². The molecule has 2 N–H and O–H groups in total. The lowest BCUT2D eigenvalue weighted by atomic mass is 9.95. The van der Waals surface area contributed by atoms with Crippen molar-refractivity contribution in [3.05, 3.63) is 5.01 Å². The van der Waals surface area contributed by atoms with Gasteiger partial charge in [-0.05, 0) is 25.2 Å². The van der Waals surface area contributed by atoms with E-state index in [4.69, 9.17) is 0 Å². The molecule has 0 aliphatic carbocycles. The van der Waals surface area contributed by atoms with Gasteiger partial charge in [0, 0.05) is 51.7 Å². The van der Waals surface area contributed by atoms with E-state index >= 15 is 0 Å². The molecule has 0 spiro atoms. The summed E-state index contributed by atoms with van der Waals surface area (Å²) in [6.07, 6.45) is 3.71. The van der Waals surface area contributed by atoms with E-state index in [1.165, 1.54) is 0 Å². The summed E-state index contributed by atoms with van der Waals surface area (Å²) >= 11 is 1.69. The molecule has 1 aromatic rings. The monoisotopic (exact) mass is 340 g/mol. The summed E-state index contributed by atoms with van der Waals surface area (Å²) in [7, 11) is 0. The lowest BCUT2D eigenvalue weighted by molar-refractivity contribution is 0.0687. The summed E-state index contributed by atoms with van der Waals surface area (Å²) in [6, 6.07) is 0. The van der Waals surface area contributed by atoms with Crippen molar-refractivity contribution in [3.8, 4) is 0 Å². The van der Waals surface area contributed by atoms with Crippen LogP contribution >= 0.6 is 11.3 Å². The largest absolute Gasteiger partial charge is 0.396 e. The number of aliphatic hydroxyl groups is 2. The number of aromatic nitrogens is 2. The van der Waals surface area contributed by atoms with E-state index in [1.54, 1.807) is 11.3 Å². The molecule has 0 unspecified atom stereocenters. The molecule has 2 aliphatic rings. The predicted molar refractivity (Wildman–Crippen MR) is 91.9 cm³/mol. The lowest BCUT2D eigenvalue weighted by Gasteiger charge is -2.32. The van der Waals surface area contributed by atoms with Crippen LogP contribution in [0, 0.1) is 11.8 Å². The molecule has 130 valence electrons. The second-order valence-corrected chi connectivity index (χ2v) is 7.91. The Kier molecular flexibility index (Phi) is 5.85. The van der Waals surface area contributed by atoms with Crippen LogP contribution in [0.4, 0.5) is 5.13 Å². The van der Waals surface area contributed by atoms with Gasteiger partial charge in [-0.3, -0.25) is 0 Å². The minimum absolute atomic E-state index is 0.127. The molecule has 6 nitrogen and oxygen atoms in total. The number of aryl methyl sites for hydroxylation is 1. The molecule has 7 heteroatoms. The molecule has 0 saturated carbocycles. The lowest BCUT2D eigenvalue weighted by Crippen LogP contribution is -2.40. The number of nitrogens with zero attached hydrogens (tertiary/aromatic N) is 4. The van der Waals surface area contributed by atoms with E-state index < -0.39 is 0 Å². The van der Waals surface area contributed by atoms with Gasteiger partial charge in [0.1, 0.15) is 5.01 Å². The number of hydrogen-bond donors (Lipinski definition) is 2. The summed E-state index contributed by atoms with van der Waals surface area (Å²) in [5.74, 6) is 0.772. The van der Waals surface area contributed by atoms with Gasteiger partial charge in [-0.1, -0.05) is 18.3 Å². The Morgan fingerprint density at radius 3 is 2.61 bits per heavy atom. The second-order valence-electron chi connectivity index (χ2n) is 6.87. The van der Waals surface area contributed by atoms with Gasteiger partial charge >= 0.3 is 0 Å². The zero-order valence-corrected chi connectivity index (χ0v) is 14.7. The first-order valence-electron chi connectivity index (χ1n) is 8.78. The first-order chi connectivity index (χ1) is 11.2. The van der Waals surface area contributed by atoms with Gasteiger partial charge in [-0.15, -0.1) is 10.2 Å². The summed E-state index contributed by atoms with van der Waals surface area (Å²) in [4.78, 5) is 4.73. The molecule has 2 saturated heterocycles. The predicted octanol–water partition coefficient (Wildman–Crippen LogP) is 0.992. The normalized spacial score (nSPS) is 27.0. The minimum Gasteiger partial charge on any atom is -0.396 e. The molecule has 0 aromatic carbocycles. The molecule has 2 fully saturated rings. The van der Waals surface area contributed by atoms with Gasteiger partial charge in [0.2, 0.25) is 5.13 Å². The van der Waals surface area contributed by atoms with Gasteiger partial charge in [0.05, 0.1) is 6.10 Å². The van der Waals surface area contributed by atoms with Crippen molar-refractivity contribution >= 4 is 16.5 Å². The molecule has 3 rings (SSSR count). The van der Waals surface area contributed by atoms with Crippen molar-refractivity contribution in [1.29, 1.82) is 0 Å². The van der Waals surface area contributed by atoms with Crippen LogP contribution in [0.15, 0.2) is 0 Å². The third kappa shape index (κ3) is 4.21. The molecular weight excluding hydrogens is 312 g/mol. The molecule has 2 atom stereocenters. The van der Waals surface area contributed by atoms with E-state index in [9.17, 15) is 10.2 Å². The van der Waals surface area contributed by atoms with Crippen LogP contribution in [0.1, 0.15) is 31.2 Å². The minimum atomic E-state index is -0.127. The third-order valence-electron chi connectivity index (χ3n) is 5.05. The fourth-order valence-electron chi connectivity index (χ4n) is 3.63. The van der Waals surface area contributed by atoms with Crippen LogP contribution in [0.3, 0.4) is 0 Å². The number of piperidine rings is 1. The Morgan fingerprint density at radius 1 is 1.17 bits per heavy atom. The van der Waals surface area contributed by atoms with Gasteiger partial charge in [-0.25, -0.2) is 0 Å². The summed E-state index contributed by atoms with van der Waals surface area (Å²) in [5, 5.41) is 30.1. The van der Waals surface area contributed by atoms with Crippen molar-refractivity contribution in [1.82, 2.24) is 15.1 Å². The maximum atomic E-state index is 9.74. The first kappa shape index (κ1) is 17.1. The zero-order valence-electron chi connectivity index (χ0n) is 13.9. The SMILES string of the molecule is CCCc1nnc(N2C[C@@H](CN3CCC(O)CC3)[C@@H](CO)C2)s1.